The van der Waals surface area contributed by atoms with Gasteiger partial charge in [-0.15, -0.1) is 0 Å². The number of rotatable bonds is 4. The number of hydrogen-bond acceptors (Lipinski definition) is 3. The highest BCUT2D eigenvalue weighted by Gasteiger charge is 2.33. The number of hydrogen-bond donors (Lipinski definition) is 0. The van der Waals surface area contributed by atoms with Gasteiger partial charge in [-0.3, -0.25) is 4.79 Å². The zero-order chi connectivity index (χ0) is 17.9. The number of sulfonamides is 1. The van der Waals surface area contributed by atoms with Gasteiger partial charge in [-0.05, 0) is 25.5 Å². The third kappa shape index (κ3) is 3.94. The molecule has 0 N–H and O–H groups in total. The van der Waals surface area contributed by atoms with E-state index in [1.165, 1.54) is 16.4 Å². The minimum absolute atomic E-state index is 0.0512. The summed E-state index contributed by atoms with van der Waals surface area (Å²) in [5.74, 6) is -0.0512. The molecule has 132 valence electrons. The van der Waals surface area contributed by atoms with Crippen LogP contribution in [0.25, 0.3) is 0 Å². The molecular weight excluding hydrogens is 371 g/mol. The SMILES string of the molecule is CC/C=C(\C)C(=O)N1CCN(S(=O)(=O)c2c(Cl)cccc2Cl)CC1. The summed E-state index contributed by atoms with van der Waals surface area (Å²) in [4.78, 5) is 13.9. The molecule has 0 spiro atoms. The molecule has 24 heavy (non-hydrogen) atoms. The van der Waals surface area contributed by atoms with Crippen LogP contribution in [-0.2, 0) is 14.8 Å². The molecule has 1 fully saturated rings. The van der Waals surface area contributed by atoms with Crippen LogP contribution in [0.3, 0.4) is 0 Å². The van der Waals surface area contributed by atoms with Crippen molar-refractivity contribution in [3.05, 3.63) is 39.9 Å². The molecule has 1 aliphatic heterocycles. The summed E-state index contributed by atoms with van der Waals surface area (Å²) in [5, 5.41) is 0.199. The van der Waals surface area contributed by atoms with Gasteiger partial charge in [0.1, 0.15) is 4.90 Å². The topological polar surface area (TPSA) is 57.7 Å². The van der Waals surface area contributed by atoms with Gasteiger partial charge in [0, 0.05) is 31.8 Å². The zero-order valence-corrected chi connectivity index (χ0v) is 16.0. The molecule has 2 rings (SSSR count). The van der Waals surface area contributed by atoms with Crippen molar-refractivity contribution < 1.29 is 13.2 Å². The molecule has 0 aliphatic carbocycles. The van der Waals surface area contributed by atoms with Crippen LogP contribution in [0.5, 0.6) is 0 Å². The minimum Gasteiger partial charge on any atom is -0.336 e. The van der Waals surface area contributed by atoms with E-state index >= 15 is 0 Å². The van der Waals surface area contributed by atoms with Crippen LogP contribution in [0.4, 0.5) is 0 Å². The highest BCUT2D eigenvalue weighted by atomic mass is 35.5. The summed E-state index contributed by atoms with van der Waals surface area (Å²) in [6.45, 7) is 4.86. The number of carbonyl (C=O) groups excluding carboxylic acids is 1. The van der Waals surface area contributed by atoms with Gasteiger partial charge in [-0.2, -0.15) is 4.31 Å². The first-order valence-corrected chi connectivity index (χ1v) is 9.88. The van der Waals surface area contributed by atoms with Gasteiger partial charge >= 0.3 is 0 Å². The maximum Gasteiger partial charge on any atom is 0.249 e. The highest BCUT2D eigenvalue weighted by Crippen LogP contribution is 2.31. The van der Waals surface area contributed by atoms with E-state index in [9.17, 15) is 13.2 Å². The van der Waals surface area contributed by atoms with E-state index in [1.807, 2.05) is 13.0 Å². The lowest BCUT2D eigenvalue weighted by atomic mass is 10.2. The van der Waals surface area contributed by atoms with Crippen molar-refractivity contribution in [2.75, 3.05) is 26.2 Å². The molecule has 0 bridgehead atoms. The predicted octanol–water partition coefficient (Wildman–Crippen LogP) is 3.18. The van der Waals surface area contributed by atoms with Crippen LogP contribution in [-0.4, -0.2) is 49.7 Å². The molecule has 0 aromatic heterocycles. The minimum atomic E-state index is -3.79. The fraction of sp³-hybridized carbons (Fsp3) is 0.438. The Kier molecular flexibility index (Phi) is 6.31. The van der Waals surface area contributed by atoms with E-state index in [0.717, 1.165) is 6.42 Å². The quantitative estimate of drug-likeness (QED) is 0.741. The van der Waals surface area contributed by atoms with E-state index in [0.29, 0.717) is 18.7 Å². The molecule has 8 heteroatoms. The Labute approximate surface area is 152 Å². The molecule has 0 unspecified atom stereocenters. The molecule has 5 nitrogen and oxygen atoms in total. The first-order chi connectivity index (χ1) is 11.3. The number of piperazine rings is 1. The number of amides is 1. The molecule has 1 saturated heterocycles. The Bertz CT molecular complexity index is 734. The normalized spacial score (nSPS) is 17.2. The second kappa shape index (κ2) is 7.87. The van der Waals surface area contributed by atoms with Crippen molar-refractivity contribution in [1.82, 2.24) is 9.21 Å². The Morgan fingerprint density at radius 1 is 1.17 bits per heavy atom. The number of halogens is 2. The molecule has 1 aliphatic rings. The van der Waals surface area contributed by atoms with Crippen LogP contribution < -0.4 is 0 Å². The maximum atomic E-state index is 12.8. The lowest BCUT2D eigenvalue weighted by Gasteiger charge is -2.34. The maximum absolute atomic E-state index is 12.8. The Hall–Kier alpha value is -1.08. The molecule has 1 amide bonds. The standard InChI is InChI=1S/C16H20Cl2N2O3S/c1-3-5-12(2)16(21)19-8-10-20(11-9-19)24(22,23)15-13(17)6-4-7-14(15)18/h4-7H,3,8-11H2,1-2H3/b12-5+. The number of allylic oxidation sites excluding steroid dienone is 1. The second-order valence-electron chi connectivity index (χ2n) is 5.54. The summed E-state index contributed by atoms with van der Waals surface area (Å²) in [6.07, 6.45) is 2.66. The van der Waals surface area contributed by atoms with Gasteiger partial charge in [0.05, 0.1) is 10.0 Å². The first kappa shape index (κ1) is 19.2. The van der Waals surface area contributed by atoms with Gasteiger partial charge in [-0.1, -0.05) is 42.3 Å². The number of benzene rings is 1. The van der Waals surface area contributed by atoms with Crippen molar-refractivity contribution in [2.24, 2.45) is 0 Å². The van der Waals surface area contributed by atoms with E-state index in [1.54, 1.807) is 17.9 Å². The molecular formula is C16H20Cl2N2O3S. The predicted molar refractivity (Wildman–Crippen MR) is 95.8 cm³/mol. The summed E-state index contributed by atoms with van der Waals surface area (Å²) in [6, 6.07) is 4.60. The monoisotopic (exact) mass is 390 g/mol. The van der Waals surface area contributed by atoms with Crippen molar-refractivity contribution in [3.8, 4) is 0 Å². The van der Waals surface area contributed by atoms with Crippen LogP contribution >= 0.6 is 23.2 Å². The van der Waals surface area contributed by atoms with Crippen molar-refractivity contribution in [3.63, 3.8) is 0 Å². The Morgan fingerprint density at radius 3 is 2.21 bits per heavy atom. The van der Waals surface area contributed by atoms with E-state index in [4.69, 9.17) is 23.2 Å². The van der Waals surface area contributed by atoms with Crippen molar-refractivity contribution in [2.45, 2.75) is 25.2 Å². The van der Waals surface area contributed by atoms with Crippen LogP contribution in [0, 0.1) is 0 Å². The van der Waals surface area contributed by atoms with Crippen molar-refractivity contribution >= 4 is 39.1 Å². The van der Waals surface area contributed by atoms with E-state index < -0.39 is 10.0 Å². The average molecular weight is 391 g/mol. The number of nitrogens with zero attached hydrogens (tertiary/aromatic N) is 2. The van der Waals surface area contributed by atoms with E-state index in [-0.39, 0.29) is 33.9 Å². The second-order valence-corrected chi connectivity index (χ2v) is 8.23. The third-order valence-corrected chi connectivity index (χ3v) is 6.75. The molecule has 0 saturated carbocycles. The summed E-state index contributed by atoms with van der Waals surface area (Å²) < 4.78 is 26.9. The molecule has 1 aromatic carbocycles. The van der Waals surface area contributed by atoms with Crippen LogP contribution in [0.1, 0.15) is 20.3 Å². The zero-order valence-electron chi connectivity index (χ0n) is 13.6. The van der Waals surface area contributed by atoms with Gasteiger partial charge < -0.3 is 4.90 Å². The molecule has 1 heterocycles. The fourth-order valence-corrected chi connectivity index (χ4v) is 5.15. The van der Waals surface area contributed by atoms with Crippen molar-refractivity contribution in [1.29, 1.82) is 0 Å². The largest absolute Gasteiger partial charge is 0.336 e. The molecule has 0 radical (unpaired) electrons. The van der Waals surface area contributed by atoms with E-state index in [2.05, 4.69) is 0 Å². The Balaban J connectivity index is 2.15. The Morgan fingerprint density at radius 2 is 1.71 bits per heavy atom. The molecule has 0 atom stereocenters. The van der Waals surface area contributed by atoms with Gasteiger partial charge in [-0.25, -0.2) is 8.42 Å². The van der Waals surface area contributed by atoms with Gasteiger partial charge in [0.25, 0.3) is 0 Å². The lowest BCUT2D eigenvalue weighted by Crippen LogP contribution is -2.50. The lowest BCUT2D eigenvalue weighted by molar-refractivity contribution is -0.128. The van der Waals surface area contributed by atoms with Gasteiger partial charge in [0.2, 0.25) is 15.9 Å². The highest BCUT2D eigenvalue weighted by molar-refractivity contribution is 7.89. The smallest absolute Gasteiger partial charge is 0.249 e. The number of carbonyl (C=O) groups is 1. The first-order valence-electron chi connectivity index (χ1n) is 7.69. The third-order valence-electron chi connectivity index (χ3n) is 3.89. The fourth-order valence-electron chi connectivity index (χ4n) is 2.63. The average Bonchev–Trinajstić information content (AvgIpc) is 2.54. The molecule has 1 aromatic rings. The van der Waals surface area contributed by atoms with Gasteiger partial charge in [0.15, 0.2) is 0 Å². The summed E-state index contributed by atoms with van der Waals surface area (Å²) in [5.41, 5.74) is 0.683. The summed E-state index contributed by atoms with van der Waals surface area (Å²) in [7, 11) is -3.79. The summed E-state index contributed by atoms with van der Waals surface area (Å²) >= 11 is 12.1. The van der Waals surface area contributed by atoms with Crippen LogP contribution in [0.2, 0.25) is 10.0 Å². The van der Waals surface area contributed by atoms with Crippen LogP contribution in [0.15, 0.2) is 34.7 Å².